The monoisotopic (exact) mass is 156 g/mol. The highest BCUT2D eigenvalue weighted by Gasteiger charge is 2.11. The molecule has 0 bridgehead atoms. The topological polar surface area (TPSA) is 37.3 Å². The fraction of sp³-hybridized carbons (Fsp3) is 0.286. The van der Waals surface area contributed by atoms with Crippen molar-refractivity contribution in [2.45, 2.75) is 13.0 Å². The molecule has 1 atom stereocenters. The first-order valence-electron chi connectivity index (χ1n) is 2.97. The van der Waals surface area contributed by atoms with Crippen LogP contribution >= 0.6 is 11.3 Å². The van der Waals surface area contributed by atoms with Crippen LogP contribution in [0.15, 0.2) is 17.5 Å². The predicted molar refractivity (Wildman–Crippen MR) is 40.3 cm³/mol. The summed E-state index contributed by atoms with van der Waals surface area (Å²) in [5, 5.41) is 10.7. The number of hydrogen-bond donors (Lipinski definition) is 1. The summed E-state index contributed by atoms with van der Waals surface area (Å²) >= 11 is 1.35. The van der Waals surface area contributed by atoms with Gasteiger partial charge < -0.3 is 5.11 Å². The molecule has 1 aromatic rings. The standard InChI is InChI=1S/C7H8O2S/c1-5(8)7(9)6-3-2-4-10-6/h2-5,8H,1H3. The van der Waals surface area contributed by atoms with Crippen molar-refractivity contribution in [3.63, 3.8) is 0 Å². The van der Waals surface area contributed by atoms with Crippen molar-refractivity contribution >= 4 is 17.1 Å². The number of rotatable bonds is 2. The van der Waals surface area contributed by atoms with Crippen LogP contribution in [-0.2, 0) is 0 Å². The van der Waals surface area contributed by atoms with Crippen molar-refractivity contribution in [1.82, 2.24) is 0 Å². The Morgan fingerprint density at radius 3 is 2.90 bits per heavy atom. The zero-order chi connectivity index (χ0) is 7.56. The van der Waals surface area contributed by atoms with Gasteiger partial charge in [-0.25, -0.2) is 0 Å². The first kappa shape index (κ1) is 7.44. The fourth-order valence-corrected chi connectivity index (χ4v) is 1.37. The summed E-state index contributed by atoms with van der Waals surface area (Å²) in [5.41, 5.74) is 0. The molecule has 0 spiro atoms. The lowest BCUT2D eigenvalue weighted by atomic mass is 10.2. The third-order valence-corrected chi connectivity index (χ3v) is 2.03. The molecule has 0 radical (unpaired) electrons. The molecule has 1 unspecified atom stereocenters. The highest BCUT2D eigenvalue weighted by molar-refractivity contribution is 7.12. The summed E-state index contributed by atoms with van der Waals surface area (Å²) in [7, 11) is 0. The van der Waals surface area contributed by atoms with Gasteiger partial charge in [-0.1, -0.05) is 6.07 Å². The van der Waals surface area contributed by atoms with Crippen LogP contribution in [0.3, 0.4) is 0 Å². The molecule has 0 aliphatic heterocycles. The van der Waals surface area contributed by atoms with Crippen LogP contribution in [0.1, 0.15) is 16.6 Å². The van der Waals surface area contributed by atoms with E-state index in [1.165, 1.54) is 18.3 Å². The summed E-state index contributed by atoms with van der Waals surface area (Å²) < 4.78 is 0. The molecule has 3 heteroatoms. The van der Waals surface area contributed by atoms with E-state index in [4.69, 9.17) is 5.11 Å². The Hall–Kier alpha value is -0.670. The van der Waals surface area contributed by atoms with Gasteiger partial charge >= 0.3 is 0 Å². The smallest absolute Gasteiger partial charge is 0.200 e. The van der Waals surface area contributed by atoms with Crippen molar-refractivity contribution in [2.24, 2.45) is 0 Å². The Kier molecular flexibility index (Phi) is 2.19. The van der Waals surface area contributed by atoms with Crippen LogP contribution in [-0.4, -0.2) is 17.0 Å². The number of ketones is 1. The maximum Gasteiger partial charge on any atom is 0.200 e. The molecule has 2 nitrogen and oxygen atoms in total. The maximum absolute atomic E-state index is 11.0. The molecule has 1 aromatic heterocycles. The number of aliphatic hydroxyl groups is 1. The molecule has 1 rings (SSSR count). The summed E-state index contributed by atoms with van der Waals surface area (Å²) in [5.74, 6) is -0.199. The molecule has 54 valence electrons. The van der Waals surface area contributed by atoms with Gasteiger partial charge in [0, 0.05) is 0 Å². The van der Waals surface area contributed by atoms with Gasteiger partial charge in [0.1, 0.15) is 6.10 Å². The summed E-state index contributed by atoms with van der Waals surface area (Å²) in [6.45, 7) is 1.47. The number of thiophene rings is 1. The lowest BCUT2D eigenvalue weighted by Gasteiger charge is -1.97. The average Bonchev–Trinajstić information content (AvgIpc) is 2.36. The zero-order valence-corrected chi connectivity index (χ0v) is 6.39. The molecule has 0 saturated carbocycles. The number of Topliss-reactive ketones (excluding diaryl/α,β-unsaturated/α-hetero) is 1. The van der Waals surface area contributed by atoms with Crippen molar-refractivity contribution in [3.05, 3.63) is 22.4 Å². The SMILES string of the molecule is CC(O)C(=O)c1cccs1. The number of aliphatic hydroxyl groups excluding tert-OH is 1. The van der Waals surface area contributed by atoms with E-state index in [1.54, 1.807) is 12.1 Å². The Morgan fingerprint density at radius 1 is 1.80 bits per heavy atom. The third kappa shape index (κ3) is 1.43. The molecular formula is C7H8O2S. The van der Waals surface area contributed by atoms with Crippen LogP contribution in [0, 0.1) is 0 Å². The van der Waals surface area contributed by atoms with Gasteiger partial charge in [-0.2, -0.15) is 0 Å². The fourth-order valence-electron chi connectivity index (χ4n) is 0.625. The molecular weight excluding hydrogens is 148 g/mol. The van der Waals surface area contributed by atoms with Crippen LogP contribution in [0.5, 0.6) is 0 Å². The second-order valence-electron chi connectivity index (χ2n) is 2.02. The van der Waals surface area contributed by atoms with Crippen LogP contribution in [0.4, 0.5) is 0 Å². The minimum absolute atomic E-state index is 0.199. The lowest BCUT2D eigenvalue weighted by Crippen LogP contribution is -2.14. The molecule has 0 aromatic carbocycles. The molecule has 0 aliphatic rings. The molecule has 0 aliphatic carbocycles. The maximum atomic E-state index is 11.0. The summed E-state index contributed by atoms with van der Waals surface area (Å²) in [6.07, 6.45) is -0.876. The molecule has 10 heavy (non-hydrogen) atoms. The third-order valence-electron chi connectivity index (χ3n) is 1.14. The predicted octanol–water partition coefficient (Wildman–Crippen LogP) is 1.31. The van der Waals surface area contributed by atoms with Crippen LogP contribution < -0.4 is 0 Å². The highest BCUT2D eigenvalue weighted by atomic mass is 32.1. The van der Waals surface area contributed by atoms with E-state index in [-0.39, 0.29) is 5.78 Å². The van der Waals surface area contributed by atoms with Gasteiger partial charge in [-0.3, -0.25) is 4.79 Å². The van der Waals surface area contributed by atoms with E-state index in [2.05, 4.69) is 0 Å². The van der Waals surface area contributed by atoms with Crippen molar-refractivity contribution in [1.29, 1.82) is 0 Å². The summed E-state index contributed by atoms with van der Waals surface area (Å²) in [4.78, 5) is 11.6. The number of carbonyl (C=O) groups is 1. The first-order valence-corrected chi connectivity index (χ1v) is 3.85. The van der Waals surface area contributed by atoms with Crippen LogP contribution in [0.25, 0.3) is 0 Å². The van der Waals surface area contributed by atoms with Crippen molar-refractivity contribution in [2.75, 3.05) is 0 Å². The van der Waals surface area contributed by atoms with Gasteiger partial charge in [0.15, 0.2) is 0 Å². The van der Waals surface area contributed by atoms with Crippen molar-refractivity contribution < 1.29 is 9.90 Å². The average molecular weight is 156 g/mol. The van der Waals surface area contributed by atoms with Gasteiger partial charge in [-0.15, -0.1) is 11.3 Å². The molecule has 0 amide bonds. The van der Waals surface area contributed by atoms with E-state index in [0.29, 0.717) is 4.88 Å². The minimum Gasteiger partial charge on any atom is -0.385 e. The molecule has 1 heterocycles. The van der Waals surface area contributed by atoms with E-state index < -0.39 is 6.10 Å². The van der Waals surface area contributed by atoms with Crippen LogP contribution in [0.2, 0.25) is 0 Å². The second-order valence-corrected chi connectivity index (χ2v) is 2.97. The van der Waals surface area contributed by atoms with Gasteiger partial charge in [0.2, 0.25) is 5.78 Å². The van der Waals surface area contributed by atoms with E-state index in [1.807, 2.05) is 5.38 Å². The zero-order valence-electron chi connectivity index (χ0n) is 5.57. The molecule has 0 fully saturated rings. The highest BCUT2D eigenvalue weighted by Crippen LogP contribution is 2.10. The molecule has 1 N–H and O–H groups in total. The first-order chi connectivity index (χ1) is 4.72. The Balaban J connectivity index is 2.78. The quantitative estimate of drug-likeness (QED) is 0.655. The van der Waals surface area contributed by atoms with E-state index in [0.717, 1.165) is 0 Å². The number of hydrogen-bond acceptors (Lipinski definition) is 3. The van der Waals surface area contributed by atoms with E-state index in [9.17, 15) is 4.79 Å². The number of carbonyl (C=O) groups excluding carboxylic acids is 1. The molecule has 0 saturated heterocycles. The second kappa shape index (κ2) is 2.94. The summed E-state index contributed by atoms with van der Waals surface area (Å²) in [6, 6.07) is 3.50. The van der Waals surface area contributed by atoms with Gasteiger partial charge in [-0.05, 0) is 18.4 Å². The van der Waals surface area contributed by atoms with Gasteiger partial charge in [0.05, 0.1) is 4.88 Å². The Bertz CT molecular complexity index is 214. The normalized spacial score (nSPS) is 13.0. The minimum atomic E-state index is -0.876. The Morgan fingerprint density at radius 2 is 2.50 bits per heavy atom. The van der Waals surface area contributed by atoms with Crippen molar-refractivity contribution in [3.8, 4) is 0 Å². The lowest BCUT2D eigenvalue weighted by molar-refractivity contribution is 0.0784. The van der Waals surface area contributed by atoms with Gasteiger partial charge in [0.25, 0.3) is 0 Å². The Labute approximate surface area is 63.1 Å². The largest absolute Gasteiger partial charge is 0.385 e. The van der Waals surface area contributed by atoms with E-state index >= 15 is 0 Å².